The number of esters is 1. The number of benzene rings is 2. The van der Waals surface area contributed by atoms with Crippen LogP contribution in [0.3, 0.4) is 0 Å². The fourth-order valence-corrected chi connectivity index (χ4v) is 5.90. The maximum atomic E-state index is 12.9. The lowest BCUT2D eigenvalue weighted by Crippen LogP contribution is -2.48. The zero-order valence-electron chi connectivity index (χ0n) is 17.6. The van der Waals surface area contributed by atoms with Crippen LogP contribution in [0.1, 0.15) is 30.9 Å². The van der Waals surface area contributed by atoms with Gasteiger partial charge in [-0.1, -0.05) is 60.7 Å². The summed E-state index contributed by atoms with van der Waals surface area (Å²) < 4.78 is 5.26. The molecule has 2 aliphatic heterocycles. The van der Waals surface area contributed by atoms with Crippen LogP contribution in [0.4, 0.5) is 5.69 Å². The molecule has 3 aliphatic rings. The molecule has 5 rings (SSSR count). The van der Waals surface area contributed by atoms with Gasteiger partial charge in [-0.3, -0.25) is 4.90 Å². The van der Waals surface area contributed by atoms with Gasteiger partial charge >= 0.3 is 5.97 Å². The van der Waals surface area contributed by atoms with E-state index < -0.39 is 0 Å². The number of nitrogens with one attached hydrogen (secondary N) is 1. The van der Waals surface area contributed by atoms with E-state index in [2.05, 4.69) is 77.0 Å². The van der Waals surface area contributed by atoms with E-state index in [1.807, 2.05) is 6.92 Å². The predicted octanol–water partition coefficient (Wildman–Crippen LogP) is 4.65. The highest BCUT2D eigenvalue weighted by atomic mass is 16.5. The molecular weight excluding hydrogens is 372 g/mol. The van der Waals surface area contributed by atoms with Crippen LogP contribution in [-0.4, -0.2) is 30.6 Å². The second kappa shape index (κ2) is 7.44. The number of ether oxygens (including phenoxy) is 1. The van der Waals surface area contributed by atoms with Gasteiger partial charge in [-0.2, -0.15) is 0 Å². The van der Waals surface area contributed by atoms with Gasteiger partial charge < -0.3 is 10.1 Å². The maximum absolute atomic E-state index is 12.9. The molecule has 154 valence electrons. The van der Waals surface area contributed by atoms with Gasteiger partial charge in [0.05, 0.1) is 18.1 Å². The highest BCUT2D eigenvalue weighted by Crippen LogP contribution is 2.58. The molecule has 2 aromatic rings. The largest absolute Gasteiger partial charge is 0.466 e. The lowest BCUT2D eigenvalue weighted by atomic mass is 9.64. The number of rotatable bonds is 4. The Balaban J connectivity index is 1.66. The molecule has 0 amide bonds. The molecule has 1 aliphatic carbocycles. The van der Waals surface area contributed by atoms with Crippen LogP contribution < -0.4 is 5.32 Å². The van der Waals surface area contributed by atoms with Crippen molar-refractivity contribution in [3.05, 3.63) is 89.1 Å². The Bertz CT molecular complexity index is 1030. The van der Waals surface area contributed by atoms with Crippen molar-refractivity contribution in [3.8, 4) is 0 Å². The van der Waals surface area contributed by atoms with Gasteiger partial charge in [0.2, 0.25) is 0 Å². The van der Waals surface area contributed by atoms with Crippen molar-refractivity contribution < 1.29 is 9.53 Å². The summed E-state index contributed by atoms with van der Waals surface area (Å²) in [6.45, 7) is 3.96. The van der Waals surface area contributed by atoms with Gasteiger partial charge in [-0.15, -0.1) is 0 Å². The average Bonchev–Trinajstić information content (AvgIpc) is 3.30. The molecule has 1 fully saturated rings. The summed E-state index contributed by atoms with van der Waals surface area (Å²) in [5.74, 6) is -0.165. The molecule has 0 aromatic heterocycles. The Morgan fingerprint density at radius 2 is 1.97 bits per heavy atom. The van der Waals surface area contributed by atoms with Crippen LogP contribution >= 0.6 is 0 Å². The van der Waals surface area contributed by atoms with E-state index in [9.17, 15) is 4.79 Å². The number of allylic oxidation sites excluding steroid dienone is 2. The van der Waals surface area contributed by atoms with Gasteiger partial charge in [0, 0.05) is 36.4 Å². The molecule has 0 bridgehead atoms. The number of carbonyl (C=O) groups excluding carboxylic acids is 1. The number of anilines is 1. The molecule has 1 spiro atoms. The van der Waals surface area contributed by atoms with E-state index in [1.54, 1.807) is 0 Å². The molecule has 2 aromatic carbocycles. The normalized spacial score (nSPS) is 27.5. The van der Waals surface area contributed by atoms with Crippen LogP contribution in [0, 0.1) is 5.92 Å². The minimum Gasteiger partial charge on any atom is -0.466 e. The average molecular weight is 401 g/mol. The molecule has 3 atom stereocenters. The zero-order chi connectivity index (χ0) is 20.7. The molecule has 0 radical (unpaired) electrons. The fraction of sp³-hybridized carbons (Fsp3) is 0.346. The summed E-state index contributed by atoms with van der Waals surface area (Å²) in [5.41, 5.74) is 5.46. The van der Waals surface area contributed by atoms with Gasteiger partial charge in [-0.25, -0.2) is 4.79 Å². The number of para-hydroxylation sites is 1. The molecule has 4 heteroatoms. The third-order valence-electron chi connectivity index (χ3n) is 7.09. The van der Waals surface area contributed by atoms with Crippen molar-refractivity contribution in [1.82, 2.24) is 4.90 Å². The van der Waals surface area contributed by atoms with E-state index in [-0.39, 0.29) is 17.3 Å². The van der Waals surface area contributed by atoms with Crippen LogP contribution in [-0.2, 0) is 21.5 Å². The number of nitrogens with zero attached hydrogens (tertiary/aromatic N) is 1. The minimum atomic E-state index is -0.215. The standard InChI is InChI=1S/C26H28N2O2/c1-3-9-19-16-22-26(14-15-28(22)17-18-10-5-4-6-11-18)20-12-7-8-13-21(20)27-24(26)23(19)25(29)30-2/h3-13,19,22,27H,14-17H2,1-2H3/b9-3+/t19-,22+,26-/m1/s1. The molecule has 30 heavy (non-hydrogen) atoms. The van der Waals surface area contributed by atoms with Gasteiger partial charge in [0.15, 0.2) is 0 Å². The Morgan fingerprint density at radius 3 is 2.73 bits per heavy atom. The maximum Gasteiger partial charge on any atom is 0.336 e. The number of carbonyl (C=O) groups is 1. The van der Waals surface area contributed by atoms with Crippen LogP contribution in [0.15, 0.2) is 78.0 Å². The summed E-state index contributed by atoms with van der Waals surface area (Å²) in [7, 11) is 1.49. The first-order valence-electron chi connectivity index (χ1n) is 10.8. The summed E-state index contributed by atoms with van der Waals surface area (Å²) in [6.07, 6.45) is 6.14. The number of methoxy groups -OCH3 is 1. The second-order valence-electron chi connectivity index (χ2n) is 8.51. The van der Waals surface area contributed by atoms with Crippen LogP contribution in [0.2, 0.25) is 0 Å². The zero-order valence-corrected chi connectivity index (χ0v) is 17.6. The van der Waals surface area contributed by atoms with E-state index in [0.717, 1.165) is 42.9 Å². The molecule has 0 unspecified atom stereocenters. The number of hydrogen-bond donors (Lipinski definition) is 1. The molecule has 1 saturated heterocycles. The van der Waals surface area contributed by atoms with E-state index in [4.69, 9.17) is 4.74 Å². The van der Waals surface area contributed by atoms with Crippen molar-refractivity contribution in [2.24, 2.45) is 5.92 Å². The minimum absolute atomic E-state index is 0.0498. The van der Waals surface area contributed by atoms with Crippen LogP contribution in [0.5, 0.6) is 0 Å². The van der Waals surface area contributed by atoms with Gasteiger partial charge in [0.1, 0.15) is 0 Å². The van der Waals surface area contributed by atoms with Crippen molar-refractivity contribution in [1.29, 1.82) is 0 Å². The third-order valence-corrected chi connectivity index (χ3v) is 7.09. The Labute approximate surface area is 178 Å². The smallest absolute Gasteiger partial charge is 0.336 e. The lowest BCUT2D eigenvalue weighted by Gasteiger charge is -2.43. The fourth-order valence-electron chi connectivity index (χ4n) is 5.90. The lowest BCUT2D eigenvalue weighted by molar-refractivity contribution is -0.137. The number of hydrogen-bond acceptors (Lipinski definition) is 4. The highest BCUT2D eigenvalue weighted by Gasteiger charge is 2.59. The summed E-state index contributed by atoms with van der Waals surface area (Å²) in [5, 5.41) is 3.65. The van der Waals surface area contributed by atoms with E-state index >= 15 is 0 Å². The first kappa shape index (κ1) is 19.1. The molecule has 2 heterocycles. The number of fused-ring (bicyclic) bond motifs is 1. The monoisotopic (exact) mass is 400 g/mol. The van der Waals surface area contributed by atoms with Gasteiger partial charge in [-0.05, 0) is 37.0 Å². The first-order valence-corrected chi connectivity index (χ1v) is 10.8. The topological polar surface area (TPSA) is 41.6 Å². The molecule has 4 nitrogen and oxygen atoms in total. The Kier molecular flexibility index (Phi) is 4.75. The molecule has 1 N–H and O–H groups in total. The highest BCUT2D eigenvalue weighted by molar-refractivity contribution is 5.93. The van der Waals surface area contributed by atoms with Crippen molar-refractivity contribution in [2.75, 3.05) is 19.0 Å². The van der Waals surface area contributed by atoms with Crippen molar-refractivity contribution in [3.63, 3.8) is 0 Å². The van der Waals surface area contributed by atoms with E-state index in [1.165, 1.54) is 18.2 Å². The molecular formula is C26H28N2O2. The number of likely N-dealkylation sites (tertiary alicyclic amines) is 1. The SMILES string of the molecule is C/C=C/[C@@H]1C[C@@H]2N(Cc3ccccc3)CC[C@]23C(=C1C(=O)OC)Nc1ccccc13. The van der Waals surface area contributed by atoms with E-state index in [0.29, 0.717) is 6.04 Å². The third kappa shape index (κ3) is 2.74. The summed E-state index contributed by atoms with van der Waals surface area (Å²) in [6, 6.07) is 19.6. The molecule has 0 saturated carbocycles. The van der Waals surface area contributed by atoms with Gasteiger partial charge in [0.25, 0.3) is 0 Å². The Morgan fingerprint density at radius 1 is 1.20 bits per heavy atom. The van der Waals surface area contributed by atoms with Crippen molar-refractivity contribution in [2.45, 2.75) is 37.8 Å². The summed E-state index contributed by atoms with van der Waals surface area (Å²) >= 11 is 0. The van der Waals surface area contributed by atoms with Crippen LogP contribution in [0.25, 0.3) is 0 Å². The summed E-state index contributed by atoms with van der Waals surface area (Å²) in [4.78, 5) is 15.6. The predicted molar refractivity (Wildman–Crippen MR) is 119 cm³/mol. The quantitative estimate of drug-likeness (QED) is 0.599. The second-order valence-corrected chi connectivity index (χ2v) is 8.51. The first-order chi connectivity index (χ1) is 14.7. The van der Waals surface area contributed by atoms with Crippen molar-refractivity contribution >= 4 is 11.7 Å². The Hall–Kier alpha value is -2.85.